The minimum Gasteiger partial charge on any atom is -0.497 e. The second-order valence-corrected chi connectivity index (χ2v) is 3.32. The highest BCUT2D eigenvalue weighted by atomic mass is 16.5. The quantitative estimate of drug-likeness (QED) is 0.682. The van der Waals surface area contributed by atoms with Crippen molar-refractivity contribution in [3.63, 3.8) is 0 Å². The number of methoxy groups -OCH3 is 1. The predicted octanol–water partition coefficient (Wildman–Crippen LogP) is 1.59. The zero-order valence-corrected chi connectivity index (χ0v) is 8.03. The predicted molar refractivity (Wildman–Crippen MR) is 51.8 cm³/mol. The second kappa shape index (κ2) is 3.70. The van der Waals surface area contributed by atoms with Crippen molar-refractivity contribution in [2.45, 2.75) is 18.9 Å². The molecule has 0 N–H and O–H groups in total. The van der Waals surface area contributed by atoms with Gasteiger partial charge in [0.25, 0.3) is 0 Å². The average Bonchev–Trinajstić information content (AvgIpc) is 2.59. The second-order valence-electron chi connectivity index (χ2n) is 3.32. The molecule has 1 unspecified atom stereocenters. The van der Waals surface area contributed by atoms with Crippen molar-refractivity contribution in [3.05, 3.63) is 23.8 Å². The molecule has 2 rings (SSSR count). The monoisotopic (exact) mass is 192 g/mol. The molecule has 74 valence electrons. The molecule has 0 saturated heterocycles. The first-order valence-corrected chi connectivity index (χ1v) is 4.60. The molecule has 0 aliphatic carbocycles. The number of ether oxygens (including phenoxy) is 2. The Hall–Kier alpha value is -1.51. The Kier molecular flexibility index (Phi) is 2.39. The minimum absolute atomic E-state index is 0.00889. The lowest BCUT2D eigenvalue weighted by Gasteiger charge is -2.05. The van der Waals surface area contributed by atoms with Crippen LogP contribution < -0.4 is 9.47 Å². The van der Waals surface area contributed by atoms with Gasteiger partial charge in [-0.05, 0) is 18.2 Å². The largest absolute Gasteiger partial charge is 0.497 e. The Morgan fingerprint density at radius 2 is 2.50 bits per heavy atom. The van der Waals surface area contributed by atoms with Gasteiger partial charge in [0.15, 0.2) is 0 Å². The summed E-state index contributed by atoms with van der Waals surface area (Å²) in [6.45, 7) is 0. The van der Waals surface area contributed by atoms with Gasteiger partial charge >= 0.3 is 0 Å². The highest BCUT2D eigenvalue weighted by Crippen LogP contribution is 2.32. The van der Waals surface area contributed by atoms with Crippen LogP contribution in [-0.4, -0.2) is 19.5 Å². The highest BCUT2D eigenvalue weighted by Gasteiger charge is 2.22. The van der Waals surface area contributed by atoms with E-state index in [4.69, 9.17) is 9.47 Å². The molecule has 1 aliphatic heterocycles. The van der Waals surface area contributed by atoms with Gasteiger partial charge in [-0.15, -0.1) is 0 Å². The van der Waals surface area contributed by atoms with Crippen LogP contribution in [0, 0.1) is 0 Å². The maximum atomic E-state index is 10.3. The summed E-state index contributed by atoms with van der Waals surface area (Å²) < 4.78 is 10.7. The number of carbonyl (C=O) groups is 1. The Labute approximate surface area is 82.6 Å². The first-order valence-electron chi connectivity index (χ1n) is 4.60. The van der Waals surface area contributed by atoms with E-state index in [2.05, 4.69) is 0 Å². The number of hydrogen-bond acceptors (Lipinski definition) is 3. The van der Waals surface area contributed by atoms with E-state index in [0.717, 1.165) is 29.8 Å². The van der Waals surface area contributed by atoms with Crippen LogP contribution in [0.2, 0.25) is 0 Å². The molecule has 1 aromatic rings. The summed E-state index contributed by atoms with van der Waals surface area (Å²) in [4.78, 5) is 10.3. The molecule has 0 fully saturated rings. The van der Waals surface area contributed by atoms with E-state index >= 15 is 0 Å². The van der Waals surface area contributed by atoms with E-state index < -0.39 is 0 Å². The SMILES string of the molecule is COc1ccc2c(c1)CC(CC=O)O2. The van der Waals surface area contributed by atoms with Gasteiger partial charge in [-0.25, -0.2) is 0 Å². The topological polar surface area (TPSA) is 35.5 Å². The van der Waals surface area contributed by atoms with Crippen molar-refractivity contribution in [2.24, 2.45) is 0 Å². The third-order valence-electron chi connectivity index (χ3n) is 2.37. The number of carbonyl (C=O) groups excluding carboxylic acids is 1. The first-order chi connectivity index (χ1) is 6.83. The average molecular weight is 192 g/mol. The van der Waals surface area contributed by atoms with Gasteiger partial charge in [-0.1, -0.05) is 0 Å². The van der Waals surface area contributed by atoms with Crippen molar-refractivity contribution in [3.8, 4) is 11.5 Å². The molecule has 0 bridgehead atoms. The van der Waals surface area contributed by atoms with Crippen LogP contribution in [0.25, 0.3) is 0 Å². The Morgan fingerprint density at radius 1 is 1.64 bits per heavy atom. The number of aldehydes is 1. The van der Waals surface area contributed by atoms with E-state index in [0.29, 0.717) is 6.42 Å². The van der Waals surface area contributed by atoms with E-state index in [9.17, 15) is 4.79 Å². The fourth-order valence-electron chi connectivity index (χ4n) is 1.66. The van der Waals surface area contributed by atoms with Crippen molar-refractivity contribution < 1.29 is 14.3 Å². The van der Waals surface area contributed by atoms with Crippen molar-refractivity contribution in [2.75, 3.05) is 7.11 Å². The van der Waals surface area contributed by atoms with Crippen LogP contribution in [0.4, 0.5) is 0 Å². The van der Waals surface area contributed by atoms with Crippen molar-refractivity contribution in [1.82, 2.24) is 0 Å². The summed E-state index contributed by atoms with van der Waals surface area (Å²) in [6, 6.07) is 5.71. The van der Waals surface area contributed by atoms with Crippen LogP contribution in [0.5, 0.6) is 11.5 Å². The molecule has 0 radical (unpaired) electrons. The van der Waals surface area contributed by atoms with Gasteiger partial charge in [-0.3, -0.25) is 0 Å². The van der Waals surface area contributed by atoms with Gasteiger partial charge < -0.3 is 14.3 Å². The van der Waals surface area contributed by atoms with Gasteiger partial charge in [0, 0.05) is 18.4 Å². The molecule has 0 aromatic heterocycles. The molecule has 0 saturated carbocycles. The number of hydrogen-bond donors (Lipinski definition) is 0. The van der Waals surface area contributed by atoms with Crippen LogP contribution in [0.15, 0.2) is 18.2 Å². The number of rotatable bonds is 3. The van der Waals surface area contributed by atoms with E-state index in [-0.39, 0.29) is 6.10 Å². The van der Waals surface area contributed by atoms with Crippen LogP contribution in [0.3, 0.4) is 0 Å². The zero-order chi connectivity index (χ0) is 9.97. The molecule has 3 heteroatoms. The Morgan fingerprint density at radius 3 is 3.21 bits per heavy atom. The zero-order valence-electron chi connectivity index (χ0n) is 8.03. The third kappa shape index (κ3) is 1.58. The Bertz CT molecular complexity index is 346. The highest BCUT2D eigenvalue weighted by molar-refractivity contribution is 5.52. The standard InChI is InChI=1S/C11H12O3/c1-13-9-2-3-11-8(6-9)7-10(14-11)4-5-12/h2-3,5-6,10H,4,7H2,1H3. The smallest absolute Gasteiger partial charge is 0.123 e. The van der Waals surface area contributed by atoms with Gasteiger partial charge in [0.1, 0.15) is 23.9 Å². The van der Waals surface area contributed by atoms with E-state index in [1.807, 2.05) is 18.2 Å². The minimum atomic E-state index is 0.00889. The van der Waals surface area contributed by atoms with Gasteiger partial charge in [0.2, 0.25) is 0 Å². The van der Waals surface area contributed by atoms with Crippen LogP contribution in [0.1, 0.15) is 12.0 Å². The summed E-state index contributed by atoms with van der Waals surface area (Å²) in [5, 5.41) is 0. The van der Waals surface area contributed by atoms with Crippen molar-refractivity contribution >= 4 is 6.29 Å². The Balaban J connectivity index is 2.18. The lowest BCUT2D eigenvalue weighted by Crippen LogP contribution is -2.12. The maximum Gasteiger partial charge on any atom is 0.123 e. The van der Waals surface area contributed by atoms with Gasteiger partial charge in [-0.2, -0.15) is 0 Å². The molecule has 1 atom stereocenters. The molecule has 14 heavy (non-hydrogen) atoms. The summed E-state index contributed by atoms with van der Waals surface area (Å²) in [7, 11) is 1.64. The fourth-order valence-corrected chi connectivity index (χ4v) is 1.66. The molecule has 1 aliphatic rings. The lowest BCUT2D eigenvalue weighted by atomic mass is 10.1. The normalized spacial score (nSPS) is 18.5. The maximum absolute atomic E-state index is 10.3. The summed E-state index contributed by atoms with van der Waals surface area (Å²) >= 11 is 0. The molecule has 0 amide bonds. The summed E-state index contributed by atoms with van der Waals surface area (Å²) in [5.74, 6) is 1.71. The van der Waals surface area contributed by atoms with Crippen molar-refractivity contribution in [1.29, 1.82) is 0 Å². The summed E-state index contributed by atoms with van der Waals surface area (Å²) in [6.07, 6.45) is 2.16. The first kappa shape index (κ1) is 9.06. The molecular formula is C11H12O3. The number of fused-ring (bicyclic) bond motifs is 1. The molecular weight excluding hydrogens is 180 g/mol. The molecule has 0 spiro atoms. The number of benzene rings is 1. The molecule has 1 heterocycles. The van der Waals surface area contributed by atoms with Crippen LogP contribution >= 0.6 is 0 Å². The molecule has 1 aromatic carbocycles. The summed E-state index contributed by atoms with van der Waals surface area (Å²) in [5.41, 5.74) is 1.12. The lowest BCUT2D eigenvalue weighted by molar-refractivity contribution is -0.109. The van der Waals surface area contributed by atoms with E-state index in [1.165, 1.54) is 0 Å². The van der Waals surface area contributed by atoms with Crippen LogP contribution in [-0.2, 0) is 11.2 Å². The molecule has 3 nitrogen and oxygen atoms in total. The fraction of sp³-hybridized carbons (Fsp3) is 0.364. The van der Waals surface area contributed by atoms with E-state index in [1.54, 1.807) is 7.11 Å². The van der Waals surface area contributed by atoms with Gasteiger partial charge in [0.05, 0.1) is 7.11 Å². The third-order valence-corrected chi connectivity index (χ3v) is 2.37.